The number of alkyl halides is 3. The van der Waals surface area contributed by atoms with Crippen LogP contribution in [0.15, 0.2) is 39.3 Å². The van der Waals surface area contributed by atoms with Crippen molar-refractivity contribution in [3.63, 3.8) is 0 Å². The van der Waals surface area contributed by atoms with E-state index >= 15 is 4.39 Å². The fourth-order valence-electron chi connectivity index (χ4n) is 3.01. The molecular weight excluding hydrogens is 503 g/mol. The summed E-state index contributed by atoms with van der Waals surface area (Å²) in [6.45, 7) is 1.29. The SMILES string of the molecule is Cc1noc(C(F)(F)F)c1-c1nnc(Cc2ccc(Cl)c(Oc3cc(Cl)cc(C#N)c3)c2F)o1. The summed E-state index contributed by atoms with van der Waals surface area (Å²) < 4.78 is 69.9. The van der Waals surface area contributed by atoms with Crippen molar-refractivity contribution < 1.29 is 31.2 Å². The van der Waals surface area contributed by atoms with E-state index in [9.17, 15) is 13.2 Å². The molecule has 0 atom stereocenters. The van der Waals surface area contributed by atoms with Gasteiger partial charge < -0.3 is 13.7 Å². The Morgan fingerprint density at radius 3 is 2.62 bits per heavy atom. The van der Waals surface area contributed by atoms with Gasteiger partial charge in [0.15, 0.2) is 11.6 Å². The van der Waals surface area contributed by atoms with E-state index in [1.165, 1.54) is 37.3 Å². The van der Waals surface area contributed by atoms with Gasteiger partial charge >= 0.3 is 6.18 Å². The van der Waals surface area contributed by atoms with E-state index in [1.807, 2.05) is 6.07 Å². The van der Waals surface area contributed by atoms with E-state index in [0.29, 0.717) is 0 Å². The maximum atomic E-state index is 15.2. The molecule has 0 spiro atoms. The maximum Gasteiger partial charge on any atom is 0.453 e. The number of nitriles is 1. The average Bonchev–Trinajstić information content (AvgIpc) is 3.38. The minimum atomic E-state index is -4.83. The van der Waals surface area contributed by atoms with E-state index < -0.39 is 29.2 Å². The Morgan fingerprint density at radius 1 is 1.15 bits per heavy atom. The molecule has 0 radical (unpaired) electrons. The van der Waals surface area contributed by atoms with Crippen molar-refractivity contribution in [2.75, 3.05) is 0 Å². The lowest BCUT2D eigenvalue weighted by Crippen LogP contribution is -2.05. The Labute approximate surface area is 198 Å². The predicted octanol–water partition coefficient (Wildman–Crippen LogP) is 6.75. The Kier molecular flexibility index (Phi) is 6.20. The number of aromatic nitrogens is 3. The van der Waals surface area contributed by atoms with Crippen molar-refractivity contribution >= 4 is 23.2 Å². The van der Waals surface area contributed by atoms with Crippen LogP contribution in [0.1, 0.15) is 28.5 Å². The normalized spacial score (nSPS) is 11.5. The Morgan fingerprint density at radius 2 is 1.91 bits per heavy atom. The molecule has 174 valence electrons. The second kappa shape index (κ2) is 8.96. The number of hydrogen-bond donors (Lipinski definition) is 0. The van der Waals surface area contributed by atoms with Crippen LogP contribution in [0.4, 0.5) is 17.6 Å². The topological polar surface area (TPSA) is 98.0 Å². The first-order valence-corrected chi connectivity index (χ1v) is 10.0. The molecule has 7 nitrogen and oxygen atoms in total. The first-order valence-electron chi connectivity index (χ1n) is 9.28. The second-order valence-corrected chi connectivity index (χ2v) is 7.73. The largest absolute Gasteiger partial charge is 0.453 e. The Bertz CT molecular complexity index is 1430. The second-order valence-electron chi connectivity index (χ2n) is 6.89. The van der Waals surface area contributed by atoms with Gasteiger partial charge in [0.25, 0.3) is 11.7 Å². The molecule has 0 unspecified atom stereocenters. The van der Waals surface area contributed by atoms with Gasteiger partial charge in [0.1, 0.15) is 11.3 Å². The van der Waals surface area contributed by atoms with Crippen LogP contribution >= 0.6 is 23.2 Å². The molecule has 0 N–H and O–H groups in total. The molecule has 2 aromatic carbocycles. The van der Waals surface area contributed by atoms with Gasteiger partial charge in [0.2, 0.25) is 5.89 Å². The standard InChI is InChI=1S/C21H10Cl2F4N4O3/c1-9-16(19(34-31-9)21(25,26)27)20-30-29-15(33-20)6-11-2-3-14(23)18(17(11)24)32-13-5-10(8-28)4-12(22)7-13/h2-5,7H,6H2,1H3. The number of benzene rings is 2. The van der Waals surface area contributed by atoms with Gasteiger partial charge in [0, 0.05) is 10.6 Å². The van der Waals surface area contributed by atoms with Crippen LogP contribution in [0, 0.1) is 24.1 Å². The Hall–Kier alpha value is -3.62. The van der Waals surface area contributed by atoms with Gasteiger partial charge in [-0.25, -0.2) is 4.39 Å². The molecule has 2 aromatic heterocycles. The molecule has 0 aliphatic heterocycles. The highest BCUT2D eigenvalue weighted by Gasteiger charge is 2.41. The van der Waals surface area contributed by atoms with Crippen molar-refractivity contribution in [2.24, 2.45) is 0 Å². The van der Waals surface area contributed by atoms with Crippen molar-refractivity contribution in [3.8, 4) is 29.0 Å². The third-order valence-electron chi connectivity index (χ3n) is 4.49. The molecule has 0 fully saturated rings. The van der Waals surface area contributed by atoms with Crippen LogP contribution in [-0.4, -0.2) is 15.4 Å². The van der Waals surface area contributed by atoms with Crippen molar-refractivity contribution in [3.05, 3.63) is 74.7 Å². The number of halogens is 6. The zero-order chi connectivity index (χ0) is 24.6. The molecular formula is C21H10Cl2F4N4O3. The molecule has 4 aromatic rings. The molecule has 0 amide bonds. The van der Waals surface area contributed by atoms with Crippen LogP contribution in [-0.2, 0) is 12.6 Å². The maximum absolute atomic E-state index is 15.2. The molecule has 0 saturated carbocycles. The average molecular weight is 513 g/mol. The lowest BCUT2D eigenvalue weighted by molar-refractivity contribution is -0.155. The van der Waals surface area contributed by atoms with Crippen LogP contribution in [0.5, 0.6) is 11.5 Å². The fraction of sp³-hybridized carbons (Fsp3) is 0.143. The molecule has 2 heterocycles. The molecule has 0 bridgehead atoms. The van der Waals surface area contributed by atoms with Gasteiger partial charge in [-0.15, -0.1) is 10.2 Å². The van der Waals surface area contributed by atoms with Crippen molar-refractivity contribution in [2.45, 2.75) is 19.5 Å². The summed E-state index contributed by atoms with van der Waals surface area (Å²) >= 11 is 12.0. The molecule has 0 saturated heterocycles. The van der Waals surface area contributed by atoms with Crippen molar-refractivity contribution in [1.82, 2.24) is 15.4 Å². The molecule has 4 rings (SSSR count). The highest BCUT2D eigenvalue weighted by molar-refractivity contribution is 6.32. The van der Waals surface area contributed by atoms with E-state index in [1.54, 1.807) is 0 Å². The first-order chi connectivity index (χ1) is 16.1. The van der Waals surface area contributed by atoms with E-state index in [-0.39, 0.29) is 50.7 Å². The first kappa shape index (κ1) is 23.5. The highest BCUT2D eigenvalue weighted by atomic mass is 35.5. The summed E-state index contributed by atoms with van der Waals surface area (Å²) in [4.78, 5) is 0. The fourth-order valence-corrected chi connectivity index (χ4v) is 3.42. The summed E-state index contributed by atoms with van der Waals surface area (Å²) in [5.41, 5.74) is -0.402. The van der Waals surface area contributed by atoms with Crippen LogP contribution in [0.2, 0.25) is 10.0 Å². The zero-order valence-electron chi connectivity index (χ0n) is 16.9. The van der Waals surface area contributed by atoms with Crippen LogP contribution < -0.4 is 4.74 Å². The monoisotopic (exact) mass is 512 g/mol. The molecule has 0 aliphatic rings. The summed E-state index contributed by atoms with van der Waals surface area (Å²) in [6, 6.07) is 8.70. The minimum absolute atomic E-state index is 0.00946. The van der Waals surface area contributed by atoms with Gasteiger partial charge in [-0.2, -0.15) is 18.4 Å². The number of ether oxygens (including phenoxy) is 1. The third-order valence-corrected chi connectivity index (χ3v) is 5.01. The van der Waals surface area contributed by atoms with E-state index in [2.05, 4.69) is 19.9 Å². The number of nitrogens with zero attached hydrogens (tertiary/aromatic N) is 4. The third kappa shape index (κ3) is 4.69. The van der Waals surface area contributed by atoms with Gasteiger partial charge in [0.05, 0.1) is 28.8 Å². The van der Waals surface area contributed by atoms with Crippen LogP contribution in [0.25, 0.3) is 11.5 Å². The van der Waals surface area contributed by atoms with Gasteiger partial charge in [-0.3, -0.25) is 0 Å². The molecule has 0 aliphatic carbocycles. The quantitative estimate of drug-likeness (QED) is 0.272. The molecule has 13 heteroatoms. The van der Waals surface area contributed by atoms with Crippen molar-refractivity contribution in [1.29, 1.82) is 5.26 Å². The summed E-state index contributed by atoms with van der Waals surface area (Å²) in [5, 5.41) is 19.8. The lowest BCUT2D eigenvalue weighted by Gasteiger charge is -2.11. The van der Waals surface area contributed by atoms with Gasteiger partial charge in [-0.1, -0.05) is 34.4 Å². The van der Waals surface area contributed by atoms with Crippen LogP contribution in [0.3, 0.4) is 0 Å². The van der Waals surface area contributed by atoms with E-state index in [0.717, 1.165) is 0 Å². The number of hydrogen-bond acceptors (Lipinski definition) is 7. The van der Waals surface area contributed by atoms with E-state index in [4.69, 9.17) is 37.6 Å². The molecule has 34 heavy (non-hydrogen) atoms. The highest BCUT2D eigenvalue weighted by Crippen LogP contribution is 2.39. The lowest BCUT2D eigenvalue weighted by atomic mass is 10.1. The number of aryl methyl sites for hydroxylation is 1. The minimum Gasteiger partial charge on any atom is -0.453 e. The predicted molar refractivity (Wildman–Crippen MR) is 110 cm³/mol. The number of rotatable bonds is 5. The Balaban J connectivity index is 1.64. The summed E-state index contributed by atoms with van der Waals surface area (Å²) in [6.07, 6.45) is -5.11. The zero-order valence-corrected chi connectivity index (χ0v) is 18.4. The summed E-state index contributed by atoms with van der Waals surface area (Å²) in [7, 11) is 0. The van der Waals surface area contributed by atoms with Gasteiger partial charge in [-0.05, 0) is 31.2 Å². The summed E-state index contributed by atoms with van der Waals surface area (Å²) in [5.74, 6) is -3.18. The smallest absolute Gasteiger partial charge is 0.453 e.